The Morgan fingerprint density at radius 3 is 2.57 bits per heavy atom. The zero-order chi connectivity index (χ0) is 15.9. The van der Waals surface area contributed by atoms with E-state index in [1.54, 1.807) is 0 Å². The van der Waals surface area contributed by atoms with Crippen LogP contribution in [0.25, 0.3) is 0 Å². The van der Waals surface area contributed by atoms with Crippen molar-refractivity contribution in [3.05, 3.63) is 35.9 Å². The number of benzene rings is 1. The van der Waals surface area contributed by atoms with Gasteiger partial charge in [0.05, 0.1) is 6.10 Å². The first kappa shape index (κ1) is 16.3. The quantitative estimate of drug-likeness (QED) is 0.687. The van der Waals surface area contributed by atoms with Gasteiger partial charge in [-0.05, 0) is 31.2 Å². The monoisotopic (exact) mass is 315 g/mol. The van der Waals surface area contributed by atoms with Crippen LogP contribution in [0.4, 0.5) is 0 Å². The molecule has 0 radical (unpaired) electrons. The van der Waals surface area contributed by atoms with Crippen LogP contribution < -0.4 is 5.73 Å². The normalized spacial score (nSPS) is 26.8. The second-order valence-electron chi connectivity index (χ2n) is 6.70. The van der Waals surface area contributed by atoms with Crippen molar-refractivity contribution in [2.75, 3.05) is 26.2 Å². The predicted octanol–water partition coefficient (Wildman–Crippen LogP) is 3.35. The van der Waals surface area contributed by atoms with Crippen LogP contribution in [0, 0.1) is 5.92 Å². The van der Waals surface area contributed by atoms with E-state index in [-0.39, 0.29) is 6.10 Å². The van der Waals surface area contributed by atoms with Gasteiger partial charge in [0, 0.05) is 32.2 Å². The van der Waals surface area contributed by atoms with E-state index in [2.05, 4.69) is 35.2 Å². The Kier molecular flexibility index (Phi) is 5.92. The summed E-state index contributed by atoms with van der Waals surface area (Å²) in [5, 5.41) is 0. The number of likely N-dealkylation sites (tertiary alicyclic amines) is 1. The van der Waals surface area contributed by atoms with Gasteiger partial charge in [-0.25, -0.2) is 0 Å². The average molecular weight is 315 g/mol. The van der Waals surface area contributed by atoms with Crippen molar-refractivity contribution in [1.29, 1.82) is 0 Å². The molecule has 2 unspecified atom stereocenters. The Morgan fingerprint density at radius 1 is 1.09 bits per heavy atom. The average Bonchev–Trinajstić information content (AvgIpc) is 2.90. The summed E-state index contributed by atoms with van der Waals surface area (Å²) in [6.07, 6.45) is 7.53. The zero-order valence-corrected chi connectivity index (χ0v) is 14.0. The van der Waals surface area contributed by atoms with E-state index in [0.717, 1.165) is 45.0 Å². The van der Waals surface area contributed by atoms with Gasteiger partial charge in [-0.1, -0.05) is 43.2 Å². The first-order valence-electron chi connectivity index (χ1n) is 9.06. The summed E-state index contributed by atoms with van der Waals surface area (Å²) in [5.41, 5.74) is 7.52. The number of aliphatic imine (C=N–C) groups is 1. The second-order valence-corrected chi connectivity index (χ2v) is 6.70. The van der Waals surface area contributed by atoms with Crippen molar-refractivity contribution in [2.24, 2.45) is 16.6 Å². The Hall–Kier alpha value is -1.55. The molecule has 2 N–H and O–H groups in total. The number of guanidine groups is 1. The van der Waals surface area contributed by atoms with Crippen molar-refractivity contribution in [1.82, 2.24) is 4.90 Å². The summed E-state index contributed by atoms with van der Waals surface area (Å²) >= 11 is 0. The lowest BCUT2D eigenvalue weighted by Gasteiger charge is -2.31. The molecule has 0 aromatic heterocycles. The molecule has 126 valence electrons. The molecule has 4 nitrogen and oxygen atoms in total. The number of rotatable bonds is 3. The molecule has 2 aliphatic rings. The first-order chi connectivity index (χ1) is 11.3. The largest absolute Gasteiger partial charge is 0.373 e. The van der Waals surface area contributed by atoms with Crippen LogP contribution in [0.5, 0.6) is 0 Å². The van der Waals surface area contributed by atoms with Crippen LogP contribution in [0.15, 0.2) is 35.3 Å². The molecule has 0 aliphatic carbocycles. The van der Waals surface area contributed by atoms with Crippen molar-refractivity contribution >= 4 is 5.96 Å². The van der Waals surface area contributed by atoms with Gasteiger partial charge < -0.3 is 15.4 Å². The van der Waals surface area contributed by atoms with Crippen LogP contribution in [0.2, 0.25) is 0 Å². The zero-order valence-electron chi connectivity index (χ0n) is 14.0. The summed E-state index contributed by atoms with van der Waals surface area (Å²) in [7, 11) is 0. The van der Waals surface area contributed by atoms with Gasteiger partial charge in [0.15, 0.2) is 5.96 Å². The number of ether oxygens (including phenoxy) is 1. The topological polar surface area (TPSA) is 50.9 Å². The maximum atomic E-state index is 6.25. The minimum atomic E-state index is 0.158. The highest BCUT2D eigenvalue weighted by Gasteiger charge is 2.27. The summed E-state index contributed by atoms with van der Waals surface area (Å²) in [6, 6.07) is 10.5. The molecule has 0 spiro atoms. The van der Waals surface area contributed by atoms with E-state index >= 15 is 0 Å². The van der Waals surface area contributed by atoms with Gasteiger partial charge in [-0.15, -0.1) is 0 Å². The molecule has 1 aromatic carbocycles. The lowest BCUT2D eigenvalue weighted by molar-refractivity contribution is -0.0250. The van der Waals surface area contributed by atoms with Gasteiger partial charge in [0.1, 0.15) is 0 Å². The molecule has 0 amide bonds. The van der Waals surface area contributed by atoms with Crippen LogP contribution in [-0.2, 0) is 4.74 Å². The standard InChI is InChI=1S/C19H29N3O/c20-19(22-12-6-1-2-7-13-22)21-15-17-11-8-14-23-18(17)16-9-4-3-5-10-16/h3-5,9-10,17-18H,1-2,6-8,11-15H2,(H2,20,21). The van der Waals surface area contributed by atoms with Crippen molar-refractivity contribution in [2.45, 2.75) is 44.6 Å². The molecule has 2 atom stereocenters. The molecule has 0 saturated carbocycles. The van der Waals surface area contributed by atoms with E-state index in [4.69, 9.17) is 15.5 Å². The number of nitrogens with two attached hydrogens (primary N) is 1. The van der Waals surface area contributed by atoms with Crippen LogP contribution in [0.1, 0.15) is 50.2 Å². The predicted molar refractivity (Wildman–Crippen MR) is 94.4 cm³/mol. The van der Waals surface area contributed by atoms with Crippen molar-refractivity contribution in [3.63, 3.8) is 0 Å². The molecule has 3 rings (SSSR count). The molecule has 2 saturated heterocycles. The molecule has 2 aliphatic heterocycles. The van der Waals surface area contributed by atoms with E-state index in [0.29, 0.717) is 5.92 Å². The molecule has 2 fully saturated rings. The smallest absolute Gasteiger partial charge is 0.191 e. The fourth-order valence-electron chi connectivity index (χ4n) is 3.65. The number of hydrogen-bond donors (Lipinski definition) is 1. The van der Waals surface area contributed by atoms with Crippen molar-refractivity contribution < 1.29 is 4.74 Å². The van der Waals surface area contributed by atoms with Crippen LogP contribution >= 0.6 is 0 Å². The minimum Gasteiger partial charge on any atom is -0.373 e. The Morgan fingerprint density at radius 2 is 1.83 bits per heavy atom. The lowest BCUT2D eigenvalue weighted by atomic mass is 9.89. The van der Waals surface area contributed by atoms with Crippen LogP contribution in [0.3, 0.4) is 0 Å². The highest BCUT2D eigenvalue weighted by atomic mass is 16.5. The third-order valence-corrected chi connectivity index (χ3v) is 4.99. The summed E-state index contributed by atoms with van der Waals surface area (Å²) in [5.74, 6) is 1.15. The van der Waals surface area contributed by atoms with Gasteiger partial charge in [-0.3, -0.25) is 4.99 Å². The molecule has 2 heterocycles. The Labute approximate surface area is 139 Å². The minimum absolute atomic E-state index is 0.158. The van der Waals surface area contributed by atoms with E-state index in [9.17, 15) is 0 Å². The van der Waals surface area contributed by atoms with Gasteiger partial charge in [-0.2, -0.15) is 0 Å². The summed E-state index contributed by atoms with van der Waals surface area (Å²) in [4.78, 5) is 6.99. The molecule has 0 bridgehead atoms. The lowest BCUT2D eigenvalue weighted by Crippen LogP contribution is -2.38. The number of nitrogens with zero attached hydrogens (tertiary/aromatic N) is 2. The third-order valence-electron chi connectivity index (χ3n) is 4.99. The number of hydrogen-bond acceptors (Lipinski definition) is 2. The molecular weight excluding hydrogens is 286 g/mol. The Balaban J connectivity index is 1.63. The maximum Gasteiger partial charge on any atom is 0.191 e. The van der Waals surface area contributed by atoms with Gasteiger partial charge in [0.25, 0.3) is 0 Å². The SMILES string of the molecule is NC(=NCC1CCCOC1c1ccccc1)N1CCCCCC1. The van der Waals surface area contributed by atoms with Gasteiger partial charge in [0.2, 0.25) is 0 Å². The molecular formula is C19H29N3O. The first-order valence-corrected chi connectivity index (χ1v) is 9.06. The second kappa shape index (κ2) is 8.34. The third kappa shape index (κ3) is 4.47. The molecule has 1 aromatic rings. The van der Waals surface area contributed by atoms with E-state index in [1.165, 1.54) is 31.2 Å². The molecule has 23 heavy (non-hydrogen) atoms. The van der Waals surface area contributed by atoms with Crippen LogP contribution in [-0.4, -0.2) is 37.1 Å². The van der Waals surface area contributed by atoms with Crippen molar-refractivity contribution in [3.8, 4) is 0 Å². The van der Waals surface area contributed by atoms with Gasteiger partial charge >= 0.3 is 0 Å². The highest BCUT2D eigenvalue weighted by molar-refractivity contribution is 5.78. The fourth-order valence-corrected chi connectivity index (χ4v) is 3.65. The van der Waals surface area contributed by atoms with E-state index < -0.39 is 0 Å². The van der Waals surface area contributed by atoms with E-state index in [1.807, 2.05) is 0 Å². The summed E-state index contributed by atoms with van der Waals surface area (Å²) in [6.45, 7) is 3.72. The highest BCUT2D eigenvalue weighted by Crippen LogP contribution is 2.33. The maximum absolute atomic E-state index is 6.25. The molecule has 4 heteroatoms. The fraction of sp³-hybridized carbons (Fsp3) is 0.632. The summed E-state index contributed by atoms with van der Waals surface area (Å²) < 4.78 is 6.05. The Bertz CT molecular complexity index is 495.